The van der Waals surface area contributed by atoms with Crippen LogP contribution in [0.2, 0.25) is 0 Å². The summed E-state index contributed by atoms with van der Waals surface area (Å²) < 4.78 is 68.4. The molecule has 0 bridgehead atoms. The van der Waals surface area contributed by atoms with Crippen molar-refractivity contribution in [1.82, 2.24) is 0 Å². The van der Waals surface area contributed by atoms with E-state index >= 15 is 0 Å². The zero-order valence-corrected chi connectivity index (χ0v) is 63.8. The molecule has 0 spiro atoms. The van der Waals surface area contributed by atoms with Gasteiger partial charge >= 0.3 is 39.5 Å². The molecule has 0 radical (unpaired) electrons. The number of phosphoric acid groups is 2. The van der Waals surface area contributed by atoms with Crippen molar-refractivity contribution in [2.75, 3.05) is 39.6 Å². The van der Waals surface area contributed by atoms with E-state index in [9.17, 15) is 43.2 Å². The lowest BCUT2D eigenvalue weighted by Gasteiger charge is -2.21. The minimum atomic E-state index is -4.96. The van der Waals surface area contributed by atoms with Gasteiger partial charge in [0.2, 0.25) is 0 Å². The third-order valence-corrected chi connectivity index (χ3v) is 20.0. The highest BCUT2D eigenvalue weighted by atomic mass is 31.2. The first kappa shape index (κ1) is 93.1. The monoisotopic (exact) mass is 1400 g/mol. The second-order valence-corrected chi connectivity index (χ2v) is 31.0. The number of hydrogen-bond acceptors (Lipinski definition) is 15. The summed E-state index contributed by atoms with van der Waals surface area (Å²) in [6.07, 6.45) is 55.6. The molecule has 0 amide bonds. The summed E-state index contributed by atoms with van der Waals surface area (Å²) in [6.45, 7) is 9.64. The average molecular weight is 1400 g/mol. The molecule has 0 fully saturated rings. The summed E-state index contributed by atoms with van der Waals surface area (Å²) in [5.41, 5.74) is 0. The van der Waals surface area contributed by atoms with E-state index < -0.39 is 97.5 Å². The molecule has 0 aromatic rings. The minimum Gasteiger partial charge on any atom is -0.462 e. The van der Waals surface area contributed by atoms with Crippen molar-refractivity contribution >= 4 is 39.5 Å². The minimum absolute atomic E-state index is 0.106. The fourth-order valence-corrected chi connectivity index (χ4v) is 13.2. The van der Waals surface area contributed by atoms with Gasteiger partial charge in [-0.05, 0) is 37.5 Å². The molecule has 17 nitrogen and oxygen atoms in total. The number of ether oxygens (including phenoxy) is 4. The molecule has 0 aliphatic carbocycles. The number of rotatable bonds is 75. The highest BCUT2D eigenvalue weighted by molar-refractivity contribution is 7.47. The molecular formula is C76H148O17P2. The first-order valence-electron chi connectivity index (χ1n) is 39.5. The summed E-state index contributed by atoms with van der Waals surface area (Å²) in [5, 5.41) is 10.6. The maximum Gasteiger partial charge on any atom is 0.472 e. The van der Waals surface area contributed by atoms with Crippen molar-refractivity contribution in [3.05, 3.63) is 0 Å². The normalized spacial score (nSPS) is 14.3. The second kappa shape index (κ2) is 67.9. The number of carbonyl (C=O) groups excluding carboxylic acids is 4. The second-order valence-electron chi connectivity index (χ2n) is 28.1. The Morgan fingerprint density at radius 1 is 0.305 bits per heavy atom. The van der Waals surface area contributed by atoms with Crippen LogP contribution in [0, 0.1) is 11.8 Å². The molecule has 0 heterocycles. The Bertz CT molecular complexity index is 1840. The largest absolute Gasteiger partial charge is 0.472 e. The smallest absolute Gasteiger partial charge is 0.462 e. The van der Waals surface area contributed by atoms with E-state index in [-0.39, 0.29) is 25.7 Å². The van der Waals surface area contributed by atoms with E-state index in [1.54, 1.807) is 0 Å². The molecular weight excluding hydrogens is 1250 g/mol. The van der Waals surface area contributed by atoms with Crippen molar-refractivity contribution in [2.24, 2.45) is 11.8 Å². The summed E-state index contributed by atoms with van der Waals surface area (Å²) in [5.74, 6) is -0.466. The molecule has 0 aromatic heterocycles. The summed E-state index contributed by atoms with van der Waals surface area (Å²) in [4.78, 5) is 72.6. The molecule has 0 aromatic carbocycles. The zero-order chi connectivity index (χ0) is 70.0. The van der Waals surface area contributed by atoms with Crippen molar-refractivity contribution in [1.29, 1.82) is 0 Å². The molecule has 19 heteroatoms. The maximum atomic E-state index is 13.1. The van der Waals surface area contributed by atoms with E-state index in [1.807, 2.05) is 0 Å². The molecule has 564 valence electrons. The molecule has 3 unspecified atom stereocenters. The molecule has 6 atom stereocenters. The molecule has 95 heavy (non-hydrogen) atoms. The SMILES string of the molecule is CCCCCCCCCCCC(=O)OC[C@H](COP(=O)(O)OC[C@H](O)COP(=O)(O)OC[C@@H](COC(=O)CCCCCCCCCCCCCCC(C)C)OC(=O)CCCCCCCCCCCCCCCCCCCCC(C)CC)OC(=O)CCCCCCCCCCC. The summed E-state index contributed by atoms with van der Waals surface area (Å²) in [7, 11) is -9.90. The first-order valence-corrected chi connectivity index (χ1v) is 42.5. The van der Waals surface area contributed by atoms with Crippen LogP contribution in [-0.4, -0.2) is 96.7 Å². The van der Waals surface area contributed by atoms with Gasteiger partial charge in [-0.2, -0.15) is 0 Å². The standard InChI is InChI=1S/C76H148O17P2/c1-7-10-12-14-16-32-40-46-52-58-73(78)86-64-71(92-75(80)60-54-48-42-33-17-15-13-11-8-2)66-90-94(82,83)88-62-70(77)63-89-95(84,85)91-67-72(65-87-74(79)59-53-47-41-36-30-27-26-28-34-38-44-50-56-68(4)5)93-76(81)61-55-49-43-37-31-25-23-21-19-18-20-22-24-29-35-39-45-51-57-69(6)9-3/h68-72,77H,7-67H2,1-6H3,(H,82,83)(H,84,85)/t69?,70-,71+,72+/m0/s1. The Kier molecular flexibility index (Phi) is 66.5. The van der Waals surface area contributed by atoms with Crippen molar-refractivity contribution in [3.8, 4) is 0 Å². The van der Waals surface area contributed by atoms with Crippen LogP contribution in [0.15, 0.2) is 0 Å². The van der Waals surface area contributed by atoms with Gasteiger partial charge < -0.3 is 33.8 Å². The van der Waals surface area contributed by atoms with Crippen LogP contribution in [0.5, 0.6) is 0 Å². The predicted molar refractivity (Wildman–Crippen MR) is 386 cm³/mol. The molecule has 0 aliphatic heterocycles. The Hall–Kier alpha value is -1.94. The predicted octanol–water partition coefficient (Wildman–Crippen LogP) is 22.3. The molecule has 0 rings (SSSR count). The fraction of sp³-hybridized carbons (Fsp3) is 0.947. The van der Waals surface area contributed by atoms with Crippen LogP contribution in [0.4, 0.5) is 0 Å². The van der Waals surface area contributed by atoms with Gasteiger partial charge in [0, 0.05) is 25.7 Å². The van der Waals surface area contributed by atoms with Gasteiger partial charge in [0.1, 0.15) is 19.3 Å². The Labute approximate surface area is 581 Å². The Morgan fingerprint density at radius 3 is 0.800 bits per heavy atom. The van der Waals surface area contributed by atoms with Gasteiger partial charge in [0.15, 0.2) is 12.2 Å². The highest BCUT2D eigenvalue weighted by Gasteiger charge is 2.30. The Balaban J connectivity index is 5.16. The lowest BCUT2D eigenvalue weighted by molar-refractivity contribution is -0.161. The highest BCUT2D eigenvalue weighted by Crippen LogP contribution is 2.45. The van der Waals surface area contributed by atoms with Crippen LogP contribution in [-0.2, 0) is 65.4 Å². The maximum absolute atomic E-state index is 13.1. The summed E-state index contributed by atoms with van der Waals surface area (Å²) in [6, 6.07) is 0. The number of unbranched alkanes of at least 4 members (excludes halogenated alkanes) is 44. The van der Waals surface area contributed by atoms with E-state index in [4.69, 9.17) is 37.0 Å². The third-order valence-electron chi connectivity index (χ3n) is 18.1. The van der Waals surface area contributed by atoms with Gasteiger partial charge in [0.05, 0.1) is 26.4 Å². The van der Waals surface area contributed by atoms with Crippen molar-refractivity contribution < 1.29 is 80.2 Å². The quantitative estimate of drug-likeness (QED) is 0.0222. The topological polar surface area (TPSA) is 237 Å². The van der Waals surface area contributed by atoms with E-state index in [0.29, 0.717) is 25.7 Å². The van der Waals surface area contributed by atoms with Crippen LogP contribution >= 0.6 is 15.6 Å². The number of esters is 4. The number of phosphoric ester groups is 2. The van der Waals surface area contributed by atoms with Gasteiger partial charge in [-0.15, -0.1) is 0 Å². The number of aliphatic hydroxyl groups is 1. The number of carbonyl (C=O) groups is 4. The molecule has 0 saturated carbocycles. The summed E-state index contributed by atoms with van der Waals surface area (Å²) >= 11 is 0. The van der Waals surface area contributed by atoms with Gasteiger partial charge in [-0.1, -0.05) is 343 Å². The molecule has 0 aliphatic rings. The first-order chi connectivity index (χ1) is 45.9. The van der Waals surface area contributed by atoms with Crippen LogP contribution in [0.25, 0.3) is 0 Å². The van der Waals surface area contributed by atoms with Crippen molar-refractivity contribution in [3.63, 3.8) is 0 Å². The lowest BCUT2D eigenvalue weighted by atomic mass is 9.99. The fourth-order valence-electron chi connectivity index (χ4n) is 11.6. The third kappa shape index (κ3) is 69.0. The van der Waals surface area contributed by atoms with Gasteiger partial charge in [-0.3, -0.25) is 37.3 Å². The van der Waals surface area contributed by atoms with E-state index in [2.05, 4.69) is 41.5 Å². The van der Waals surface area contributed by atoms with Crippen LogP contribution < -0.4 is 0 Å². The zero-order valence-electron chi connectivity index (χ0n) is 62.0. The van der Waals surface area contributed by atoms with Crippen LogP contribution in [0.1, 0.15) is 395 Å². The molecule has 3 N–H and O–H groups in total. The van der Waals surface area contributed by atoms with E-state index in [1.165, 1.54) is 212 Å². The van der Waals surface area contributed by atoms with E-state index in [0.717, 1.165) is 102 Å². The van der Waals surface area contributed by atoms with Crippen molar-refractivity contribution in [2.45, 2.75) is 413 Å². The number of hydrogen-bond donors (Lipinski definition) is 3. The molecule has 0 saturated heterocycles. The average Bonchev–Trinajstić information content (AvgIpc) is 2.24. The van der Waals surface area contributed by atoms with Gasteiger partial charge in [0.25, 0.3) is 0 Å². The van der Waals surface area contributed by atoms with Gasteiger partial charge in [-0.25, -0.2) is 9.13 Å². The lowest BCUT2D eigenvalue weighted by Crippen LogP contribution is -2.30. The number of aliphatic hydroxyl groups excluding tert-OH is 1. The Morgan fingerprint density at radius 2 is 0.537 bits per heavy atom. The van der Waals surface area contributed by atoms with Crippen LogP contribution in [0.3, 0.4) is 0 Å².